The normalized spacial score (nSPS) is 13.6. The quantitative estimate of drug-likeness (QED) is 0.804. The first-order valence-electron chi connectivity index (χ1n) is 6.13. The van der Waals surface area contributed by atoms with Crippen LogP contribution in [0.5, 0.6) is 0 Å². The number of carbonyl (C=O) groups is 1. The summed E-state index contributed by atoms with van der Waals surface area (Å²) in [5.41, 5.74) is 5.20. The molecule has 0 aliphatic heterocycles. The van der Waals surface area contributed by atoms with E-state index in [1.54, 1.807) is 7.05 Å². The van der Waals surface area contributed by atoms with E-state index in [1.165, 1.54) is 10.8 Å². The third kappa shape index (κ3) is 2.84. The van der Waals surface area contributed by atoms with E-state index in [-0.39, 0.29) is 23.1 Å². The van der Waals surface area contributed by atoms with Crippen molar-refractivity contribution in [3.63, 3.8) is 0 Å². The van der Waals surface area contributed by atoms with Gasteiger partial charge in [0.2, 0.25) is 0 Å². The summed E-state index contributed by atoms with van der Waals surface area (Å²) in [7, 11) is 5.39. The van der Waals surface area contributed by atoms with Crippen LogP contribution in [0.2, 0.25) is 0 Å². The molecule has 6 nitrogen and oxygen atoms in total. The van der Waals surface area contributed by atoms with Crippen molar-refractivity contribution in [1.29, 1.82) is 0 Å². The number of anilines is 1. The molecule has 0 spiro atoms. The van der Waals surface area contributed by atoms with Crippen molar-refractivity contribution in [2.24, 2.45) is 13.0 Å². The summed E-state index contributed by atoms with van der Waals surface area (Å²) in [6, 6.07) is 0. The molecule has 0 saturated carbocycles. The molecule has 0 aliphatic rings. The topological polar surface area (TPSA) is 81.2 Å². The standard InChI is InChI=1S/C13H22N4O2/c1-8(13(2,3)16(4)5)10(18)9-7-17(6)12(19)15-11(9)14/h7-8H,1-6H3,(H2,14,15,19). The Labute approximate surface area is 113 Å². The molecule has 0 aliphatic carbocycles. The molecule has 1 atom stereocenters. The first-order valence-corrected chi connectivity index (χ1v) is 6.13. The lowest BCUT2D eigenvalue weighted by Gasteiger charge is -2.37. The largest absolute Gasteiger partial charge is 0.383 e. The fourth-order valence-corrected chi connectivity index (χ4v) is 1.69. The molecule has 0 radical (unpaired) electrons. The van der Waals surface area contributed by atoms with Gasteiger partial charge in [0, 0.05) is 24.7 Å². The number of ketones is 1. The number of rotatable bonds is 4. The fraction of sp³-hybridized carbons (Fsp3) is 0.615. The Morgan fingerprint density at radius 2 is 2.00 bits per heavy atom. The average Bonchev–Trinajstić information content (AvgIpc) is 2.31. The summed E-state index contributed by atoms with van der Waals surface area (Å²) in [5, 5.41) is 0. The molecule has 0 fully saturated rings. The van der Waals surface area contributed by atoms with E-state index in [1.807, 2.05) is 39.8 Å². The molecule has 0 aromatic carbocycles. The first kappa shape index (κ1) is 15.4. The van der Waals surface area contributed by atoms with Crippen molar-refractivity contribution in [2.45, 2.75) is 26.3 Å². The predicted octanol–water partition coefficient (Wildman–Crippen LogP) is 0.522. The Kier molecular flexibility index (Phi) is 4.15. The molecule has 0 saturated heterocycles. The zero-order chi connectivity index (χ0) is 15.0. The van der Waals surface area contributed by atoms with Gasteiger partial charge < -0.3 is 15.2 Å². The number of hydrogen-bond acceptors (Lipinski definition) is 5. The molecule has 106 valence electrons. The molecule has 19 heavy (non-hydrogen) atoms. The molecular formula is C13H22N4O2. The van der Waals surface area contributed by atoms with Crippen LogP contribution >= 0.6 is 0 Å². The summed E-state index contributed by atoms with van der Waals surface area (Å²) in [6.45, 7) is 5.83. The molecular weight excluding hydrogens is 244 g/mol. The lowest BCUT2D eigenvalue weighted by Crippen LogP contribution is -2.47. The van der Waals surface area contributed by atoms with E-state index in [4.69, 9.17) is 5.73 Å². The minimum absolute atomic E-state index is 0.00509. The molecule has 2 N–H and O–H groups in total. The second-order valence-corrected chi connectivity index (χ2v) is 5.57. The summed E-state index contributed by atoms with van der Waals surface area (Å²) < 4.78 is 1.26. The lowest BCUT2D eigenvalue weighted by molar-refractivity contribution is 0.0720. The Bertz CT molecular complexity index is 546. The van der Waals surface area contributed by atoms with Crippen LogP contribution < -0.4 is 11.4 Å². The van der Waals surface area contributed by atoms with Crippen molar-refractivity contribution >= 4 is 11.6 Å². The van der Waals surface area contributed by atoms with Crippen molar-refractivity contribution in [1.82, 2.24) is 14.5 Å². The molecule has 6 heteroatoms. The van der Waals surface area contributed by atoms with E-state index >= 15 is 0 Å². The van der Waals surface area contributed by atoms with Gasteiger partial charge in [0.15, 0.2) is 5.78 Å². The summed E-state index contributed by atoms with van der Waals surface area (Å²) in [4.78, 5) is 29.5. The van der Waals surface area contributed by atoms with E-state index < -0.39 is 5.69 Å². The van der Waals surface area contributed by atoms with Crippen LogP contribution in [0.1, 0.15) is 31.1 Å². The zero-order valence-electron chi connectivity index (χ0n) is 12.4. The monoisotopic (exact) mass is 266 g/mol. The minimum Gasteiger partial charge on any atom is -0.383 e. The van der Waals surface area contributed by atoms with Crippen LogP contribution in [0, 0.1) is 5.92 Å². The zero-order valence-corrected chi connectivity index (χ0v) is 12.4. The first-order chi connectivity index (χ1) is 8.59. The number of nitrogens with zero attached hydrogens (tertiary/aromatic N) is 3. The third-order valence-corrected chi connectivity index (χ3v) is 3.99. The molecule has 1 heterocycles. The summed E-state index contributed by atoms with van der Waals surface area (Å²) in [5.74, 6) is -0.391. The van der Waals surface area contributed by atoms with Gasteiger partial charge in [-0.3, -0.25) is 4.79 Å². The minimum atomic E-state index is -0.464. The molecule has 0 amide bonds. The van der Waals surface area contributed by atoms with Crippen LogP contribution in [0.15, 0.2) is 11.0 Å². The number of Topliss-reactive ketones (excluding diaryl/α,β-unsaturated/α-hetero) is 1. The highest BCUT2D eigenvalue weighted by Gasteiger charge is 2.34. The predicted molar refractivity (Wildman–Crippen MR) is 75.2 cm³/mol. The van der Waals surface area contributed by atoms with Crippen LogP contribution in [0.25, 0.3) is 0 Å². The fourth-order valence-electron chi connectivity index (χ4n) is 1.69. The van der Waals surface area contributed by atoms with Gasteiger partial charge in [-0.1, -0.05) is 6.92 Å². The van der Waals surface area contributed by atoms with Gasteiger partial charge in [-0.05, 0) is 27.9 Å². The van der Waals surface area contributed by atoms with E-state index in [0.717, 1.165) is 0 Å². The number of nitrogen functional groups attached to an aromatic ring is 1. The number of nitrogens with two attached hydrogens (primary N) is 1. The van der Waals surface area contributed by atoms with Crippen molar-refractivity contribution < 1.29 is 4.79 Å². The van der Waals surface area contributed by atoms with Crippen LogP contribution in [-0.4, -0.2) is 39.9 Å². The maximum absolute atomic E-state index is 12.5. The van der Waals surface area contributed by atoms with Crippen molar-refractivity contribution in [3.05, 3.63) is 22.2 Å². The lowest BCUT2D eigenvalue weighted by atomic mass is 9.82. The Morgan fingerprint density at radius 3 is 2.47 bits per heavy atom. The Morgan fingerprint density at radius 1 is 1.47 bits per heavy atom. The molecule has 1 aromatic heterocycles. The third-order valence-electron chi connectivity index (χ3n) is 3.99. The van der Waals surface area contributed by atoms with Crippen molar-refractivity contribution in [2.75, 3.05) is 19.8 Å². The number of carbonyl (C=O) groups excluding carboxylic acids is 1. The van der Waals surface area contributed by atoms with Gasteiger partial charge >= 0.3 is 5.69 Å². The van der Waals surface area contributed by atoms with Gasteiger partial charge in [-0.2, -0.15) is 4.98 Å². The highest BCUT2D eigenvalue weighted by molar-refractivity contribution is 6.01. The molecule has 0 bridgehead atoms. The van der Waals surface area contributed by atoms with Gasteiger partial charge in [0.1, 0.15) is 5.82 Å². The van der Waals surface area contributed by atoms with E-state index in [0.29, 0.717) is 5.56 Å². The summed E-state index contributed by atoms with van der Waals surface area (Å²) in [6.07, 6.45) is 1.45. The van der Waals surface area contributed by atoms with Crippen molar-refractivity contribution in [3.8, 4) is 0 Å². The highest BCUT2D eigenvalue weighted by Crippen LogP contribution is 2.26. The van der Waals surface area contributed by atoms with Crippen LogP contribution in [0.3, 0.4) is 0 Å². The van der Waals surface area contributed by atoms with Crippen LogP contribution in [-0.2, 0) is 7.05 Å². The van der Waals surface area contributed by atoms with Gasteiger partial charge in [0.25, 0.3) is 0 Å². The summed E-state index contributed by atoms with van der Waals surface area (Å²) >= 11 is 0. The van der Waals surface area contributed by atoms with Gasteiger partial charge in [-0.15, -0.1) is 0 Å². The second kappa shape index (κ2) is 5.13. The molecule has 1 unspecified atom stereocenters. The van der Waals surface area contributed by atoms with Gasteiger partial charge in [-0.25, -0.2) is 4.79 Å². The maximum atomic E-state index is 12.5. The number of aromatic nitrogens is 2. The second-order valence-electron chi connectivity index (χ2n) is 5.57. The number of aryl methyl sites for hydroxylation is 1. The molecule has 1 rings (SSSR count). The van der Waals surface area contributed by atoms with Gasteiger partial charge in [0.05, 0.1) is 5.56 Å². The Balaban J connectivity index is 3.22. The Hall–Kier alpha value is -1.69. The highest BCUT2D eigenvalue weighted by atomic mass is 16.1. The smallest absolute Gasteiger partial charge is 0.349 e. The SMILES string of the molecule is CC(C(=O)c1cn(C)c(=O)nc1N)C(C)(C)N(C)C. The maximum Gasteiger partial charge on any atom is 0.349 e. The average molecular weight is 266 g/mol. The molecule has 1 aromatic rings. The van der Waals surface area contributed by atoms with Crippen LogP contribution in [0.4, 0.5) is 5.82 Å². The van der Waals surface area contributed by atoms with E-state index in [2.05, 4.69) is 4.98 Å². The number of hydrogen-bond donors (Lipinski definition) is 1. The van der Waals surface area contributed by atoms with E-state index in [9.17, 15) is 9.59 Å².